The van der Waals surface area contributed by atoms with Gasteiger partial charge < -0.3 is 19.3 Å². The van der Waals surface area contributed by atoms with E-state index in [1.54, 1.807) is 4.90 Å². The Morgan fingerprint density at radius 1 is 1.19 bits per heavy atom. The first-order chi connectivity index (χ1) is 12.6. The van der Waals surface area contributed by atoms with Gasteiger partial charge in [0, 0.05) is 24.2 Å². The lowest BCUT2D eigenvalue weighted by molar-refractivity contribution is -0.140. The molecule has 0 aromatic rings. The highest BCUT2D eigenvalue weighted by Crippen LogP contribution is 2.53. The van der Waals surface area contributed by atoms with Gasteiger partial charge in [0.05, 0.1) is 11.1 Å². The van der Waals surface area contributed by atoms with E-state index in [4.69, 9.17) is 9.47 Å². The number of carbonyl (C=O) groups is 3. The molecule has 3 saturated heterocycles. The molecule has 27 heavy (non-hydrogen) atoms. The van der Waals surface area contributed by atoms with Crippen LogP contribution in [0.15, 0.2) is 11.8 Å². The van der Waals surface area contributed by atoms with E-state index in [9.17, 15) is 14.4 Å². The summed E-state index contributed by atoms with van der Waals surface area (Å²) in [5.41, 5.74) is -0.311. The number of esters is 1. The molecule has 0 N–H and O–H groups in total. The van der Waals surface area contributed by atoms with Crippen LogP contribution in [0.1, 0.15) is 59.8 Å². The summed E-state index contributed by atoms with van der Waals surface area (Å²) in [5, 5.41) is 0. The molecule has 0 aromatic carbocycles. The third-order valence-electron chi connectivity index (χ3n) is 6.23. The van der Waals surface area contributed by atoms with Crippen LogP contribution in [-0.2, 0) is 19.1 Å². The van der Waals surface area contributed by atoms with Crippen LogP contribution in [0.25, 0.3) is 0 Å². The van der Waals surface area contributed by atoms with E-state index in [1.165, 1.54) is 6.08 Å². The van der Waals surface area contributed by atoms with Crippen LogP contribution in [0, 0.1) is 5.41 Å². The van der Waals surface area contributed by atoms with Crippen molar-refractivity contribution < 1.29 is 23.9 Å². The van der Waals surface area contributed by atoms with Crippen LogP contribution in [0.2, 0.25) is 0 Å². The van der Waals surface area contributed by atoms with Gasteiger partial charge in [0.1, 0.15) is 12.2 Å². The Balaban J connectivity index is 1.54. The Bertz CT molecular complexity index is 708. The smallest absolute Gasteiger partial charge is 0.410 e. The predicted molar refractivity (Wildman–Crippen MR) is 96.5 cm³/mol. The molecule has 3 fully saturated rings. The summed E-state index contributed by atoms with van der Waals surface area (Å²) >= 11 is 0. The van der Waals surface area contributed by atoms with Gasteiger partial charge in [-0.25, -0.2) is 9.59 Å². The molecule has 7 heteroatoms. The zero-order valence-electron chi connectivity index (χ0n) is 16.5. The first-order valence-corrected chi connectivity index (χ1v) is 9.82. The molecule has 0 aromatic heterocycles. The zero-order chi connectivity index (χ0) is 19.6. The summed E-state index contributed by atoms with van der Waals surface area (Å²) in [4.78, 5) is 41.1. The Kier molecular flexibility index (Phi) is 4.05. The monoisotopic (exact) mass is 376 g/mol. The fourth-order valence-corrected chi connectivity index (χ4v) is 5.42. The molecule has 4 aliphatic heterocycles. The fraction of sp³-hybridized carbons (Fsp3) is 0.750. The summed E-state index contributed by atoms with van der Waals surface area (Å²) in [6, 6.07) is 0.126. The molecule has 0 radical (unpaired) electrons. The number of nitrogens with zero attached hydrogens (tertiary/aromatic N) is 2. The van der Waals surface area contributed by atoms with Gasteiger partial charge in [-0.3, -0.25) is 4.79 Å². The van der Waals surface area contributed by atoms with Gasteiger partial charge in [0.25, 0.3) is 0 Å². The number of ether oxygens (including phenoxy) is 2. The minimum absolute atomic E-state index is 0.0331. The van der Waals surface area contributed by atoms with E-state index in [1.807, 2.05) is 32.6 Å². The Hall–Kier alpha value is -2.05. The van der Waals surface area contributed by atoms with Crippen molar-refractivity contribution in [3.63, 3.8) is 0 Å². The van der Waals surface area contributed by atoms with Crippen molar-refractivity contribution in [3.8, 4) is 0 Å². The maximum absolute atomic E-state index is 13.4. The van der Waals surface area contributed by atoms with Gasteiger partial charge in [-0.2, -0.15) is 0 Å². The first-order valence-electron chi connectivity index (χ1n) is 9.82. The van der Waals surface area contributed by atoms with Crippen molar-refractivity contribution in [2.45, 2.75) is 83.5 Å². The van der Waals surface area contributed by atoms with Crippen LogP contribution in [0.5, 0.6) is 0 Å². The van der Waals surface area contributed by atoms with E-state index in [0.717, 1.165) is 19.3 Å². The second kappa shape index (κ2) is 5.97. The average Bonchev–Trinajstić information content (AvgIpc) is 3.14. The maximum Gasteiger partial charge on any atom is 0.410 e. The van der Waals surface area contributed by atoms with Crippen molar-refractivity contribution in [2.24, 2.45) is 5.41 Å². The number of hydrogen-bond acceptors (Lipinski definition) is 5. The topological polar surface area (TPSA) is 76.2 Å². The van der Waals surface area contributed by atoms with Gasteiger partial charge in [0.2, 0.25) is 5.91 Å². The van der Waals surface area contributed by atoms with Gasteiger partial charge in [-0.05, 0) is 59.8 Å². The summed E-state index contributed by atoms with van der Waals surface area (Å²) in [5.74, 6) is -0.300. The summed E-state index contributed by atoms with van der Waals surface area (Å²) in [6.07, 6.45) is 5.09. The highest BCUT2D eigenvalue weighted by Gasteiger charge is 2.59. The summed E-state index contributed by atoms with van der Waals surface area (Å²) in [7, 11) is 0. The minimum atomic E-state index is -0.526. The van der Waals surface area contributed by atoms with Crippen LogP contribution >= 0.6 is 0 Å². The van der Waals surface area contributed by atoms with Crippen molar-refractivity contribution >= 4 is 18.0 Å². The molecule has 4 aliphatic rings. The Morgan fingerprint density at radius 3 is 2.33 bits per heavy atom. The minimum Gasteiger partial charge on any atom is -0.456 e. The number of fused-ring (bicyclic) bond motifs is 2. The predicted octanol–water partition coefficient (Wildman–Crippen LogP) is 2.60. The number of piperidine rings is 1. The molecule has 7 nitrogen and oxygen atoms in total. The van der Waals surface area contributed by atoms with Crippen molar-refractivity contribution in [1.82, 2.24) is 9.80 Å². The molecule has 2 amide bonds. The standard InChI is InChI=1S/C20H28N2O5/c1-12-8-20(17(24)21(12)15-7-16(23)26-11-15)9-13-5-6-14(10-20)22(13)18(25)27-19(2,3)4/h7,12-14H,5-6,8-11H2,1-4H3. The van der Waals surface area contributed by atoms with Crippen LogP contribution in [0.4, 0.5) is 4.79 Å². The molecule has 4 rings (SSSR count). The van der Waals surface area contributed by atoms with Gasteiger partial charge >= 0.3 is 12.1 Å². The maximum atomic E-state index is 13.4. The molecular formula is C20H28N2O5. The third kappa shape index (κ3) is 3.01. The molecule has 0 aliphatic carbocycles. The lowest BCUT2D eigenvalue weighted by Crippen LogP contribution is -2.53. The number of hydrogen-bond donors (Lipinski definition) is 0. The normalized spacial score (nSPS) is 35.7. The lowest BCUT2D eigenvalue weighted by Gasteiger charge is -2.43. The number of carbonyl (C=O) groups excluding carboxylic acids is 3. The highest BCUT2D eigenvalue weighted by atomic mass is 16.6. The number of likely N-dealkylation sites (tertiary alicyclic amines) is 1. The third-order valence-corrected chi connectivity index (χ3v) is 6.23. The van der Waals surface area contributed by atoms with Crippen molar-refractivity contribution in [2.75, 3.05) is 6.61 Å². The van der Waals surface area contributed by atoms with Crippen LogP contribution in [-0.4, -0.2) is 58.1 Å². The second-order valence-corrected chi connectivity index (χ2v) is 9.43. The molecule has 0 saturated carbocycles. The van der Waals surface area contributed by atoms with Gasteiger partial charge in [-0.1, -0.05) is 0 Å². The molecule has 2 bridgehead atoms. The van der Waals surface area contributed by atoms with Gasteiger partial charge in [-0.15, -0.1) is 0 Å². The van der Waals surface area contributed by atoms with E-state index < -0.39 is 11.0 Å². The van der Waals surface area contributed by atoms with Crippen molar-refractivity contribution in [3.05, 3.63) is 11.8 Å². The number of amides is 2. The number of cyclic esters (lactones) is 1. The fourth-order valence-electron chi connectivity index (χ4n) is 5.42. The van der Waals surface area contributed by atoms with E-state index in [0.29, 0.717) is 18.5 Å². The zero-order valence-corrected chi connectivity index (χ0v) is 16.5. The lowest BCUT2D eigenvalue weighted by atomic mass is 9.73. The molecule has 148 valence electrons. The summed E-state index contributed by atoms with van der Waals surface area (Å²) in [6.45, 7) is 7.81. The molecule has 3 atom stereocenters. The van der Waals surface area contributed by atoms with E-state index >= 15 is 0 Å². The van der Waals surface area contributed by atoms with Crippen LogP contribution in [0.3, 0.4) is 0 Å². The molecule has 1 spiro atoms. The quantitative estimate of drug-likeness (QED) is 0.658. The Labute approximate surface area is 159 Å². The second-order valence-electron chi connectivity index (χ2n) is 9.43. The van der Waals surface area contributed by atoms with Gasteiger partial charge in [0.15, 0.2) is 0 Å². The molecule has 3 unspecified atom stereocenters. The average molecular weight is 376 g/mol. The van der Waals surface area contributed by atoms with Crippen molar-refractivity contribution in [1.29, 1.82) is 0 Å². The Morgan fingerprint density at radius 2 is 1.81 bits per heavy atom. The number of rotatable bonds is 1. The SMILES string of the molecule is CC1CC2(CC3CCC(C2)N3C(=O)OC(C)(C)C)C(=O)N1C1=CC(=O)OC1. The highest BCUT2D eigenvalue weighted by molar-refractivity contribution is 5.91. The first kappa shape index (κ1) is 18.3. The summed E-state index contributed by atoms with van der Waals surface area (Å²) < 4.78 is 10.6. The molecular weight excluding hydrogens is 348 g/mol. The molecule has 4 heterocycles. The van der Waals surface area contributed by atoms with E-state index in [2.05, 4.69) is 0 Å². The largest absolute Gasteiger partial charge is 0.456 e. The van der Waals surface area contributed by atoms with Crippen LogP contribution < -0.4 is 0 Å². The van der Waals surface area contributed by atoms with E-state index in [-0.39, 0.29) is 42.7 Å².